The van der Waals surface area contributed by atoms with Crippen LogP contribution in [0.4, 0.5) is 0 Å². The fraction of sp³-hybridized carbons (Fsp3) is 0.241. The predicted octanol–water partition coefficient (Wildman–Crippen LogP) is 5.61. The minimum absolute atomic E-state index is 0.0231. The Morgan fingerprint density at radius 2 is 1.87 bits per heavy atom. The zero-order chi connectivity index (χ0) is 26.6. The molecule has 1 aliphatic heterocycles. The molecule has 1 atom stereocenters. The van der Waals surface area contributed by atoms with Crippen molar-refractivity contribution in [3.63, 3.8) is 0 Å². The lowest BCUT2D eigenvalue weighted by Gasteiger charge is -2.27. The van der Waals surface area contributed by atoms with Crippen LogP contribution < -0.4 is 9.47 Å². The molecule has 1 amide bonds. The zero-order valence-electron chi connectivity index (χ0n) is 21.1. The van der Waals surface area contributed by atoms with Gasteiger partial charge in [-0.1, -0.05) is 48.0 Å². The number of rotatable bonds is 10. The molecule has 38 heavy (non-hydrogen) atoms. The highest BCUT2D eigenvalue weighted by atomic mass is 35.5. The number of benzene rings is 3. The van der Waals surface area contributed by atoms with E-state index in [2.05, 4.69) is 10.2 Å². The molecule has 0 saturated carbocycles. The normalized spacial score (nSPS) is 14.6. The Kier molecular flexibility index (Phi) is 7.53. The number of amides is 1. The van der Waals surface area contributed by atoms with Crippen molar-refractivity contribution in [3.05, 3.63) is 94.1 Å². The van der Waals surface area contributed by atoms with E-state index in [-0.39, 0.29) is 11.7 Å². The average Bonchev–Trinajstić information content (AvgIpc) is 3.48. The van der Waals surface area contributed by atoms with Gasteiger partial charge in [0.2, 0.25) is 0 Å². The number of fused-ring (bicyclic) bond motifs is 1. The second-order valence-corrected chi connectivity index (χ2v) is 9.39. The van der Waals surface area contributed by atoms with E-state index in [9.17, 15) is 9.90 Å². The first-order valence-electron chi connectivity index (χ1n) is 12.2. The Balaban J connectivity index is 1.55. The van der Waals surface area contributed by atoms with E-state index in [1.54, 1.807) is 31.3 Å². The van der Waals surface area contributed by atoms with Gasteiger partial charge in [-0.25, -0.2) is 0 Å². The summed E-state index contributed by atoms with van der Waals surface area (Å²) in [5, 5.41) is 18.4. The van der Waals surface area contributed by atoms with Crippen LogP contribution in [0.15, 0.2) is 66.7 Å². The van der Waals surface area contributed by atoms with Crippen molar-refractivity contribution < 1.29 is 24.1 Å². The van der Waals surface area contributed by atoms with Crippen LogP contribution in [-0.2, 0) is 11.3 Å². The van der Waals surface area contributed by atoms with Gasteiger partial charge in [-0.2, -0.15) is 5.10 Å². The SMILES string of the molecule is COCCCN1C(=O)c2[nH]nc(-c3cc(Cl)ccc3O)c2C1c1ccc(OCc2ccccc2)c(OC)c1. The molecule has 1 aromatic heterocycles. The molecule has 1 unspecified atom stereocenters. The van der Waals surface area contributed by atoms with Gasteiger partial charge in [-0.3, -0.25) is 9.89 Å². The third kappa shape index (κ3) is 4.92. The molecular formula is C29H28ClN3O5. The molecule has 196 valence electrons. The lowest BCUT2D eigenvalue weighted by molar-refractivity contribution is 0.0723. The molecule has 0 bridgehead atoms. The molecule has 0 spiro atoms. The van der Waals surface area contributed by atoms with E-state index in [0.717, 1.165) is 11.1 Å². The van der Waals surface area contributed by atoms with Crippen LogP contribution in [0.25, 0.3) is 11.3 Å². The predicted molar refractivity (Wildman–Crippen MR) is 144 cm³/mol. The van der Waals surface area contributed by atoms with E-state index >= 15 is 0 Å². The number of H-pyrrole nitrogens is 1. The maximum atomic E-state index is 13.5. The van der Waals surface area contributed by atoms with Crippen molar-refractivity contribution in [2.24, 2.45) is 0 Å². The van der Waals surface area contributed by atoms with Crippen LogP contribution in [0.1, 0.15) is 39.6 Å². The Bertz CT molecular complexity index is 1440. The Morgan fingerprint density at radius 3 is 2.63 bits per heavy atom. The number of aromatic amines is 1. The van der Waals surface area contributed by atoms with E-state index in [4.69, 9.17) is 25.8 Å². The number of carbonyl (C=O) groups is 1. The van der Waals surface area contributed by atoms with Gasteiger partial charge in [0, 0.05) is 36.4 Å². The first-order valence-corrected chi connectivity index (χ1v) is 12.6. The van der Waals surface area contributed by atoms with Gasteiger partial charge in [-0.15, -0.1) is 0 Å². The molecule has 8 nitrogen and oxygen atoms in total. The maximum Gasteiger partial charge on any atom is 0.273 e. The summed E-state index contributed by atoms with van der Waals surface area (Å²) in [6.07, 6.45) is 0.656. The minimum atomic E-state index is -0.474. The zero-order valence-corrected chi connectivity index (χ0v) is 21.9. The number of phenolic OH excluding ortho intramolecular Hbond substituents is 1. The highest BCUT2D eigenvalue weighted by molar-refractivity contribution is 6.31. The second-order valence-electron chi connectivity index (χ2n) is 8.95. The van der Waals surface area contributed by atoms with Crippen molar-refractivity contribution in [1.82, 2.24) is 15.1 Å². The van der Waals surface area contributed by atoms with E-state index in [1.807, 2.05) is 48.5 Å². The minimum Gasteiger partial charge on any atom is -0.507 e. The fourth-order valence-electron chi connectivity index (χ4n) is 4.77. The molecule has 0 radical (unpaired) electrons. The first kappa shape index (κ1) is 25.6. The molecule has 9 heteroatoms. The number of hydrogen-bond acceptors (Lipinski definition) is 6. The highest BCUT2D eigenvalue weighted by Crippen LogP contribution is 2.46. The van der Waals surface area contributed by atoms with Crippen LogP contribution in [0.3, 0.4) is 0 Å². The van der Waals surface area contributed by atoms with Gasteiger partial charge in [-0.05, 0) is 47.9 Å². The molecule has 5 rings (SSSR count). The Labute approximate surface area is 225 Å². The number of nitrogens with zero attached hydrogens (tertiary/aromatic N) is 2. The van der Waals surface area contributed by atoms with Crippen molar-refractivity contribution in [2.45, 2.75) is 19.1 Å². The molecule has 4 aromatic rings. The van der Waals surface area contributed by atoms with Gasteiger partial charge in [0.05, 0.1) is 13.2 Å². The topological polar surface area (TPSA) is 96.9 Å². The number of nitrogens with one attached hydrogen (secondary N) is 1. The highest BCUT2D eigenvalue weighted by Gasteiger charge is 2.42. The summed E-state index contributed by atoms with van der Waals surface area (Å²) in [5.41, 5.74) is 3.83. The summed E-state index contributed by atoms with van der Waals surface area (Å²) >= 11 is 6.24. The van der Waals surface area contributed by atoms with E-state index in [1.165, 1.54) is 6.07 Å². The molecule has 2 N–H and O–H groups in total. The number of methoxy groups -OCH3 is 2. The third-order valence-electron chi connectivity index (χ3n) is 6.57. The standard InChI is InChI=1S/C29H28ClN3O5/c1-36-14-6-13-33-28(19-9-12-23(24(15-19)37-2)38-17-18-7-4-3-5-8-18)25-26(31-32-27(25)29(33)35)21-16-20(30)10-11-22(21)34/h3-5,7-12,15-16,28,34H,6,13-14,17H2,1-2H3,(H,31,32). The van der Waals surface area contributed by atoms with Crippen LogP contribution in [0, 0.1) is 0 Å². The van der Waals surface area contributed by atoms with Gasteiger partial charge in [0.25, 0.3) is 5.91 Å². The van der Waals surface area contributed by atoms with Crippen LogP contribution in [0.5, 0.6) is 17.2 Å². The second kappa shape index (κ2) is 11.2. The maximum absolute atomic E-state index is 13.5. The van der Waals surface area contributed by atoms with Crippen molar-refractivity contribution in [3.8, 4) is 28.5 Å². The summed E-state index contributed by atoms with van der Waals surface area (Å²) in [4.78, 5) is 15.3. The third-order valence-corrected chi connectivity index (χ3v) is 6.80. The molecule has 1 aliphatic rings. The fourth-order valence-corrected chi connectivity index (χ4v) is 4.94. The summed E-state index contributed by atoms with van der Waals surface area (Å²) in [7, 11) is 3.22. The lowest BCUT2D eigenvalue weighted by atomic mass is 9.95. The summed E-state index contributed by atoms with van der Waals surface area (Å²) in [6.45, 7) is 1.38. The van der Waals surface area contributed by atoms with Gasteiger partial charge in [0.15, 0.2) is 11.5 Å². The largest absolute Gasteiger partial charge is 0.507 e. The average molecular weight is 534 g/mol. The molecule has 3 aromatic carbocycles. The summed E-state index contributed by atoms with van der Waals surface area (Å²) < 4.78 is 17.0. The molecule has 0 saturated heterocycles. The smallest absolute Gasteiger partial charge is 0.273 e. The van der Waals surface area contributed by atoms with Crippen LogP contribution >= 0.6 is 11.6 Å². The van der Waals surface area contributed by atoms with E-state index < -0.39 is 6.04 Å². The number of aromatic nitrogens is 2. The summed E-state index contributed by atoms with van der Waals surface area (Å²) in [6, 6.07) is 19.8. The first-order chi connectivity index (χ1) is 18.5. The van der Waals surface area contributed by atoms with Gasteiger partial charge >= 0.3 is 0 Å². The Hall–Kier alpha value is -4.01. The number of carbonyl (C=O) groups excluding carboxylic acids is 1. The molecule has 0 aliphatic carbocycles. The summed E-state index contributed by atoms with van der Waals surface area (Å²) in [5.74, 6) is 0.988. The van der Waals surface area contributed by atoms with Crippen molar-refractivity contribution in [1.29, 1.82) is 0 Å². The Morgan fingerprint density at radius 1 is 1.05 bits per heavy atom. The number of ether oxygens (including phenoxy) is 3. The van der Waals surface area contributed by atoms with Gasteiger partial charge in [0.1, 0.15) is 23.7 Å². The number of hydrogen-bond donors (Lipinski definition) is 2. The van der Waals surface area contributed by atoms with Crippen molar-refractivity contribution >= 4 is 17.5 Å². The molecular weight excluding hydrogens is 506 g/mol. The quantitative estimate of drug-likeness (QED) is 0.257. The molecule has 0 fully saturated rings. The molecule has 2 heterocycles. The van der Waals surface area contributed by atoms with Crippen LogP contribution in [0.2, 0.25) is 5.02 Å². The van der Waals surface area contributed by atoms with E-state index in [0.29, 0.717) is 65.2 Å². The lowest BCUT2D eigenvalue weighted by Crippen LogP contribution is -2.31. The number of halogens is 1. The number of aromatic hydroxyl groups is 1. The van der Waals surface area contributed by atoms with Crippen LogP contribution in [-0.4, -0.2) is 53.5 Å². The van der Waals surface area contributed by atoms with Gasteiger partial charge < -0.3 is 24.2 Å². The number of phenols is 1. The monoisotopic (exact) mass is 533 g/mol. The van der Waals surface area contributed by atoms with Crippen molar-refractivity contribution in [2.75, 3.05) is 27.4 Å².